The first-order chi connectivity index (χ1) is 7.19. The second-order valence-electron chi connectivity index (χ2n) is 3.91. The summed E-state index contributed by atoms with van der Waals surface area (Å²) in [5.74, 6) is 0. The maximum absolute atomic E-state index is 8.91. The van der Waals surface area contributed by atoms with Gasteiger partial charge in [0.2, 0.25) is 0 Å². The molecule has 0 aromatic carbocycles. The minimum absolute atomic E-state index is 0.00751. The number of nitriles is 1. The van der Waals surface area contributed by atoms with E-state index < -0.39 is 0 Å². The molecule has 2 unspecified atom stereocenters. The van der Waals surface area contributed by atoms with Gasteiger partial charge in [-0.1, -0.05) is 20.8 Å². The lowest BCUT2D eigenvalue weighted by molar-refractivity contribution is 0.208. The van der Waals surface area contributed by atoms with Crippen LogP contribution in [0.4, 0.5) is 0 Å². The third-order valence-corrected chi connectivity index (χ3v) is 2.93. The summed E-state index contributed by atoms with van der Waals surface area (Å²) in [5, 5.41) is 12.1. The largest absolute Gasteiger partial charge is 0.302 e. The zero-order chi connectivity index (χ0) is 11.7. The van der Waals surface area contributed by atoms with Gasteiger partial charge in [-0.15, -0.1) is 0 Å². The minimum Gasteiger partial charge on any atom is -0.302 e. The molecule has 0 bridgehead atoms. The molecule has 3 nitrogen and oxygen atoms in total. The molecule has 0 rings (SSSR count). The minimum atomic E-state index is 0.00751. The van der Waals surface area contributed by atoms with Crippen LogP contribution in [0.25, 0.3) is 0 Å². The predicted molar refractivity (Wildman–Crippen MR) is 64.7 cm³/mol. The number of nitrogens with one attached hydrogen (secondary N) is 1. The molecule has 0 aliphatic carbocycles. The predicted octanol–water partition coefficient (Wildman–Crippen LogP) is 2.00. The van der Waals surface area contributed by atoms with Crippen molar-refractivity contribution < 1.29 is 0 Å². The molecule has 15 heavy (non-hydrogen) atoms. The summed E-state index contributed by atoms with van der Waals surface area (Å²) in [7, 11) is 0. The fraction of sp³-hybridized carbons (Fsp3) is 0.917. The lowest BCUT2D eigenvalue weighted by Crippen LogP contribution is -2.37. The number of hydrogen-bond acceptors (Lipinski definition) is 3. The van der Waals surface area contributed by atoms with Crippen molar-refractivity contribution in [3.8, 4) is 6.07 Å². The Kier molecular flexibility index (Phi) is 8.35. The smallest absolute Gasteiger partial charge is 0.0965 e. The van der Waals surface area contributed by atoms with Gasteiger partial charge in [-0.3, -0.25) is 0 Å². The maximum atomic E-state index is 8.91. The van der Waals surface area contributed by atoms with Crippen molar-refractivity contribution in [2.75, 3.05) is 19.6 Å². The summed E-state index contributed by atoms with van der Waals surface area (Å²) in [6.45, 7) is 11.6. The molecule has 0 fully saturated rings. The van der Waals surface area contributed by atoms with Crippen LogP contribution in [-0.4, -0.2) is 36.6 Å². The van der Waals surface area contributed by atoms with E-state index in [1.165, 1.54) is 6.42 Å². The quantitative estimate of drug-likeness (QED) is 0.667. The van der Waals surface area contributed by atoms with Gasteiger partial charge in [0.1, 0.15) is 0 Å². The van der Waals surface area contributed by atoms with Crippen LogP contribution in [0.2, 0.25) is 0 Å². The molecule has 3 heteroatoms. The molecule has 0 saturated heterocycles. The van der Waals surface area contributed by atoms with E-state index in [2.05, 4.69) is 37.1 Å². The van der Waals surface area contributed by atoms with Gasteiger partial charge in [0.05, 0.1) is 12.1 Å². The van der Waals surface area contributed by atoms with Crippen LogP contribution < -0.4 is 5.32 Å². The van der Waals surface area contributed by atoms with E-state index in [0.29, 0.717) is 6.04 Å². The summed E-state index contributed by atoms with van der Waals surface area (Å²) in [6, 6.07) is 2.93. The average molecular weight is 211 g/mol. The average Bonchev–Trinajstić information content (AvgIpc) is 2.27. The highest BCUT2D eigenvalue weighted by Crippen LogP contribution is 2.05. The van der Waals surface area contributed by atoms with Crippen LogP contribution in [0, 0.1) is 11.3 Å². The third kappa shape index (κ3) is 5.76. The lowest BCUT2D eigenvalue weighted by atomic mass is 10.1. The van der Waals surface area contributed by atoms with E-state index in [1.54, 1.807) is 0 Å². The molecule has 0 radical (unpaired) electrons. The highest BCUT2D eigenvalue weighted by Gasteiger charge is 2.12. The van der Waals surface area contributed by atoms with Crippen molar-refractivity contribution in [3.63, 3.8) is 0 Å². The number of rotatable bonds is 8. The molecule has 0 amide bonds. The maximum Gasteiger partial charge on any atom is 0.0965 e. The summed E-state index contributed by atoms with van der Waals surface area (Å²) < 4.78 is 0. The molecule has 0 aliphatic heterocycles. The van der Waals surface area contributed by atoms with Crippen molar-refractivity contribution in [2.45, 2.75) is 52.6 Å². The molecule has 0 heterocycles. The van der Waals surface area contributed by atoms with Crippen LogP contribution in [0.15, 0.2) is 0 Å². The van der Waals surface area contributed by atoms with Crippen molar-refractivity contribution in [1.29, 1.82) is 5.26 Å². The van der Waals surface area contributed by atoms with Crippen LogP contribution >= 0.6 is 0 Å². The lowest BCUT2D eigenvalue weighted by Gasteiger charge is -2.27. The van der Waals surface area contributed by atoms with Crippen LogP contribution in [0.5, 0.6) is 0 Å². The van der Waals surface area contributed by atoms with E-state index in [4.69, 9.17) is 5.26 Å². The Morgan fingerprint density at radius 3 is 2.40 bits per heavy atom. The Balaban J connectivity index is 3.93. The first kappa shape index (κ1) is 14.4. The van der Waals surface area contributed by atoms with Crippen LogP contribution in [0.1, 0.15) is 40.5 Å². The Hall–Kier alpha value is -0.590. The van der Waals surface area contributed by atoms with Gasteiger partial charge in [-0.25, -0.2) is 0 Å². The third-order valence-electron chi connectivity index (χ3n) is 2.93. The van der Waals surface area contributed by atoms with Gasteiger partial charge in [0.15, 0.2) is 0 Å². The van der Waals surface area contributed by atoms with Gasteiger partial charge in [-0.2, -0.15) is 5.26 Å². The van der Waals surface area contributed by atoms with E-state index in [9.17, 15) is 0 Å². The standard InChI is InChI=1S/C12H25N3/c1-5-11(4)15(7-3)9-8-12(10-13)14-6-2/h11-12,14H,5-9H2,1-4H3. The number of nitrogens with zero attached hydrogens (tertiary/aromatic N) is 2. The van der Waals surface area contributed by atoms with Crippen molar-refractivity contribution in [3.05, 3.63) is 0 Å². The topological polar surface area (TPSA) is 39.1 Å². The molecule has 2 atom stereocenters. The summed E-state index contributed by atoms with van der Waals surface area (Å²) in [5.41, 5.74) is 0. The van der Waals surface area contributed by atoms with Gasteiger partial charge >= 0.3 is 0 Å². The van der Waals surface area contributed by atoms with E-state index >= 15 is 0 Å². The SMILES string of the molecule is CCNC(C#N)CCN(CC)C(C)CC. The zero-order valence-electron chi connectivity index (χ0n) is 10.6. The number of hydrogen-bond donors (Lipinski definition) is 1. The monoisotopic (exact) mass is 211 g/mol. The van der Waals surface area contributed by atoms with E-state index in [-0.39, 0.29) is 6.04 Å². The van der Waals surface area contributed by atoms with Crippen LogP contribution in [-0.2, 0) is 0 Å². The Bertz CT molecular complexity index is 186. The first-order valence-corrected chi connectivity index (χ1v) is 6.06. The van der Waals surface area contributed by atoms with Gasteiger partial charge in [0, 0.05) is 12.6 Å². The van der Waals surface area contributed by atoms with E-state index in [0.717, 1.165) is 26.1 Å². The van der Waals surface area contributed by atoms with Crippen molar-refractivity contribution in [1.82, 2.24) is 10.2 Å². The molecule has 0 aliphatic rings. The fourth-order valence-corrected chi connectivity index (χ4v) is 1.70. The molecule has 88 valence electrons. The van der Waals surface area contributed by atoms with Crippen LogP contribution in [0.3, 0.4) is 0 Å². The highest BCUT2D eigenvalue weighted by molar-refractivity contribution is 4.90. The zero-order valence-corrected chi connectivity index (χ0v) is 10.6. The van der Waals surface area contributed by atoms with E-state index in [1.807, 2.05) is 6.92 Å². The molecule has 0 saturated carbocycles. The molecule has 1 N–H and O–H groups in total. The van der Waals surface area contributed by atoms with Gasteiger partial charge < -0.3 is 10.2 Å². The Labute approximate surface area is 94.5 Å². The summed E-state index contributed by atoms with van der Waals surface area (Å²) >= 11 is 0. The molecule has 0 aromatic rings. The molecule has 0 aromatic heterocycles. The normalized spacial score (nSPS) is 14.9. The molecular weight excluding hydrogens is 186 g/mol. The highest BCUT2D eigenvalue weighted by atomic mass is 15.1. The summed E-state index contributed by atoms with van der Waals surface area (Å²) in [6.07, 6.45) is 2.09. The molecular formula is C12H25N3. The van der Waals surface area contributed by atoms with Gasteiger partial charge in [-0.05, 0) is 32.9 Å². The second kappa shape index (κ2) is 8.70. The summed E-state index contributed by atoms with van der Waals surface area (Å²) in [4.78, 5) is 2.43. The van der Waals surface area contributed by atoms with Crippen molar-refractivity contribution in [2.24, 2.45) is 0 Å². The second-order valence-corrected chi connectivity index (χ2v) is 3.91. The fourth-order valence-electron chi connectivity index (χ4n) is 1.70. The molecule has 0 spiro atoms. The first-order valence-electron chi connectivity index (χ1n) is 6.06. The van der Waals surface area contributed by atoms with Gasteiger partial charge in [0.25, 0.3) is 0 Å². The Morgan fingerprint density at radius 1 is 1.33 bits per heavy atom. The van der Waals surface area contributed by atoms with Crippen molar-refractivity contribution >= 4 is 0 Å². The Morgan fingerprint density at radius 2 is 2.00 bits per heavy atom.